The Balaban J connectivity index is 1.78. The highest BCUT2D eigenvalue weighted by molar-refractivity contribution is 6.14. The minimum atomic E-state index is -0.341. The zero-order valence-corrected chi connectivity index (χ0v) is 17.8. The number of carbonyl (C=O) groups is 2. The minimum absolute atomic E-state index is 0.231. The molecule has 0 bridgehead atoms. The highest BCUT2D eigenvalue weighted by Crippen LogP contribution is 2.26. The maximum absolute atomic E-state index is 13.3. The van der Waals surface area contributed by atoms with Crippen molar-refractivity contribution in [1.82, 2.24) is 29.4 Å². The van der Waals surface area contributed by atoms with Crippen molar-refractivity contribution in [3.8, 4) is 11.3 Å². The van der Waals surface area contributed by atoms with Crippen molar-refractivity contribution in [2.45, 2.75) is 13.5 Å². The van der Waals surface area contributed by atoms with Crippen LogP contribution in [-0.2, 0) is 13.6 Å². The summed E-state index contributed by atoms with van der Waals surface area (Å²) < 4.78 is 3.26. The van der Waals surface area contributed by atoms with Crippen molar-refractivity contribution >= 4 is 28.4 Å². The van der Waals surface area contributed by atoms with Gasteiger partial charge in [0.1, 0.15) is 5.69 Å². The highest BCUT2D eigenvalue weighted by atomic mass is 16.2. The number of rotatable bonds is 5. The molecule has 0 saturated heterocycles. The molecule has 3 aromatic heterocycles. The van der Waals surface area contributed by atoms with Crippen molar-refractivity contribution in [1.29, 1.82) is 0 Å². The molecule has 0 unspecified atom stereocenters. The van der Waals surface area contributed by atoms with E-state index in [1.165, 1.54) is 11.1 Å². The van der Waals surface area contributed by atoms with E-state index < -0.39 is 0 Å². The largest absolute Gasteiger partial charge is 0.343 e. The number of anilines is 1. The fraction of sp³-hybridized carbons (Fsp3) is 0.227. The van der Waals surface area contributed by atoms with E-state index in [9.17, 15) is 9.59 Å². The van der Waals surface area contributed by atoms with Crippen molar-refractivity contribution < 1.29 is 9.59 Å². The molecule has 0 fully saturated rings. The Morgan fingerprint density at radius 3 is 2.58 bits per heavy atom. The number of aromatic nitrogens is 5. The maximum Gasteiger partial charge on any atom is 0.273 e. The molecule has 0 radical (unpaired) electrons. The molecular weight excluding hydrogens is 394 g/mol. The summed E-state index contributed by atoms with van der Waals surface area (Å²) in [6, 6.07) is 9.20. The van der Waals surface area contributed by atoms with E-state index in [1.807, 2.05) is 44.4 Å². The lowest BCUT2D eigenvalue weighted by Crippen LogP contribution is -2.26. The zero-order chi connectivity index (χ0) is 22.1. The van der Waals surface area contributed by atoms with Crippen molar-refractivity contribution in [3.05, 3.63) is 60.2 Å². The van der Waals surface area contributed by atoms with Gasteiger partial charge in [0.15, 0.2) is 0 Å². The fourth-order valence-electron chi connectivity index (χ4n) is 3.41. The molecule has 31 heavy (non-hydrogen) atoms. The smallest absolute Gasteiger partial charge is 0.273 e. The van der Waals surface area contributed by atoms with Gasteiger partial charge in [0.2, 0.25) is 0 Å². The summed E-state index contributed by atoms with van der Waals surface area (Å²) in [5.41, 5.74) is 3.32. The summed E-state index contributed by atoms with van der Waals surface area (Å²) in [5, 5.41) is 12.0. The number of nitrogens with one attached hydrogen (secondary N) is 1. The summed E-state index contributed by atoms with van der Waals surface area (Å²) in [5.74, 6) is -0.572. The average molecular weight is 417 g/mol. The summed E-state index contributed by atoms with van der Waals surface area (Å²) in [4.78, 5) is 32.2. The number of para-hydroxylation sites is 1. The van der Waals surface area contributed by atoms with E-state index in [0.29, 0.717) is 34.7 Å². The van der Waals surface area contributed by atoms with Gasteiger partial charge in [0, 0.05) is 44.8 Å². The SMILES string of the molecule is CCn1ncc(NC(=O)c2cc(-c3cnn(C)c3)nc3ccccc23)c1C(=O)N(C)C. The van der Waals surface area contributed by atoms with E-state index in [1.54, 1.807) is 35.7 Å². The van der Waals surface area contributed by atoms with E-state index in [2.05, 4.69) is 20.5 Å². The normalized spacial score (nSPS) is 11.0. The topological polar surface area (TPSA) is 97.9 Å². The number of nitrogens with zero attached hydrogens (tertiary/aromatic N) is 6. The molecule has 2 amide bonds. The summed E-state index contributed by atoms with van der Waals surface area (Å²) in [6.45, 7) is 2.40. The van der Waals surface area contributed by atoms with Crippen LogP contribution in [-0.4, -0.2) is 55.4 Å². The molecule has 0 saturated carbocycles. The quantitative estimate of drug-likeness (QED) is 0.538. The van der Waals surface area contributed by atoms with Gasteiger partial charge in [-0.3, -0.25) is 19.0 Å². The van der Waals surface area contributed by atoms with Gasteiger partial charge in [-0.25, -0.2) is 4.98 Å². The first kappa shape index (κ1) is 20.3. The predicted octanol–water partition coefficient (Wildman–Crippen LogP) is 2.81. The first-order valence-electron chi connectivity index (χ1n) is 9.86. The van der Waals surface area contributed by atoms with Gasteiger partial charge in [-0.2, -0.15) is 10.2 Å². The Morgan fingerprint density at radius 1 is 1.13 bits per heavy atom. The molecule has 0 aliphatic carbocycles. The Morgan fingerprint density at radius 2 is 1.90 bits per heavy atom. The van der Waals surface area contributed by atoms with Crippen LogP contribution in [0.1, 0.15) is 27.8 Å². The molecule has 0 atom stereocenters. The third-order valence-electron chi connectivity index (χ3n) is 4.96. The molecule has 158 valence electrons. The van der Waals surface area contributed by atoms with Crippen molar-refractivity contribution in [2.24, 2.45) is 7.05 Å². The first-order chi connectivity index (χ1) is 14.9. The summed E-state index contributed by atoms with van der Waals surface area (Å²) in [6.07, 6.45) is 5.05. The van der Waals surface area contributed by atoms with Crippen LogP contribution >= 0.6 is 0 Å². The lowest BCUT2D eigenvalue weighted by molar-refractivity contribution is 0.0816. The number of amides is 2. The molecule has 4 aromatic rings. The summed E-state index contributed by atoms with van der Waals surface area (Å²) in [7, 11) is 5.15. The second-order valence-electron chi connectivity index (χ2n) is 7.35. The van der Waals surface area contributed by atoms with Crippen LogP contribution in [0.3, 0.4) is 0 Å². The van der Waals surface area contributed by atoms with E-state index in [4.69, 9.17) is 0 Å². The number of hydrogen-bond donors (Lipinski definition) is 1. The third kappa shape index (κ3) is 3.77. The number of pyridine rings is 1. The molecule has 1 aromatic carbocycles. The van der Waals surface area contributed by atoms with Crippen molar-refractivity contribution in [2.75, 3.05) is 19.4 Å². The maximum atomic E-state index is 13.3. The van der Waals surface area contributed by atoms with Gasteiger partial charge < -0.3 is 10.2 Å². The lowest BCUT2D eigenvalue weighted by atomic mass is 10.0. The monoisotopic (exact) mass is 417 g/mol. The molecule has 0 aliphatic heterocycles. The second-order valence-corrected chi connectivity index (χ2v) is 7.35. The number of fused-ring (bicyclic) bond motifs is 1. The standard InChI is InChI=1S/C22H23N7O2/c1-5-29-20(22(31)27(2)3)19(12-24-29)26-21(30)16-10-18(14-11-23-28(4)13-14)25-17-9-7-6-8-15(16)17/h6-13H,5H2,1-4H3,(H,26,30). The molecular formula is C22H23N7O2. The summed E-state index contributed by atoms with van der Waals surface area (Å²) >= 11 is 0. The van der Waals surface area contributed by atoms with Gasteiger partial charge in [-0.1, -0.05) is 18.2 Å². The van der Waals surface area contributed by atoms with E-state index in [-0.39, 0.29) is 11.8 Å². The van der Waals surface area contributed by atoms with Crippen LogP contribution in [0.5, 0.6) is 0 Å². The number of hydrogen-bond acceptors (Lipinski definition) is 5. The van der Waals surface area contributed by atoms with Gasteiger partial charge in [0.05, 0.1) is 34.9 Å². The number of benzene rings is 1. The van der Waals surface area contributed by atoms with Crippen LogP contribution in [0.15, 0.2) is 48.9 Å². The first-order valence-corrected chi connectivity index (χ1v) is 9.86. The van der Waals surface area contributed by atoms with Crippen LogP contribution < -0.4 is 5.32 Å². The molecule has 0 spiro atoms. The third-order valence-corrected chi connectivity index (χ3v) is 4.96. The van der Waals surface area contributed by atoms with E-state index in [0.717, 1.165) is 10.9 Å². The zero-order valence-electron chi connectivity index (χ0n) is 17.8. The lowest BCUT2D eigenvalue weighted by Gasteiger charge is -2.14. The number of carbonyl (C=O) groups excluding carboxylic acids is 2. The molecule has 9 heteroatoms. The van der Waals surface area contributed by atoms with Crippen LogP contribution in [0.25, 0.3) is 22.2 Å². The van der Waals surface area contributed by atoms with Crippen molar-refractivity contribution in [3.63, 3.8) is 0 Å². The Bertz CT molecular complexity index is 1290. The molecule has 0 aliphatic rings. The molecule has 1 N–H and O–H groups in total. The average Bonchev–Trinajstić information content (AvgIpc) is 3.38. The van der Waals surface area contributed by atoms with Crippen LogP contribution in [0.2, 0.25) is 0 Å². The second kappa shape index (κ2) is 8.02. The Kier molecular flexibility index (Phi) is 5.24. The van der Waals surface area contributed by atoms with Gasteiger partial charge in [-0.05, 0) is 19.1 Å². The van der Waals surface area contributed by atoms with Crippen LogP contribution in [0.4, 0.5) is 5.69 Å². The van der Waals surface area contributed by atoms with Gasteiger partial charge in [0.25, 0.3) is 11.8 Å². The van der Waals surface area contributed by atoms with E-state index >= 15 is 0 Å². The molecule has 3 heterocycles. The predicted molar refractivity (Wildman–Crippen MR) is 118 cm³/mol. The highest BCUT2D eigenvalue weighted by Gasteiger charge is 2.22. The number of aryl methyl sites for hydroxylation is 2. The van der Waals surface area contributed by atoms with Gasteiger partial charge >= 0.3 is 0 Å². The fourth-order valence-corrected chi connectivity index (χ4v) is 3.41. The molecule has 9 nitrogen and oxygen atoms in total. The Hall–Kier alpha value is -4.01. The molecule has 4 rings (SSSR count). The Labute approximate surface area is 179 Å². The van der Waals surface area contributed by atoms with Gasteiger partial charge in [-0.15, -0.1) is 0 Å². The van der Waals surface area contributed by atoms with Crippen LogP contribution in [0, 0.1) is 0 Å². The minimum Gasteiger partial charge on any atom is -0.343 e.